The summed E-state index contributed by atoms with van der Waals surface area (Å²) in [5, 5.41) is 2.78. The molecule has 2 aromatic rings. The molecule has 7 heteroatoms. The molecule has 0 aromatic heterocycles. The molecule has 0 amide bonds. The van der Waals surface area contributed by atoms with E-state index in [2.05, 4.69) is 9.82 Å². The van der Waals surface area contributed by atoms with E-state index in [0.717, 1.165) is 17.5 Å². The van der Waals surface area contributed by atoms with Crippen molar-refractivity contribution in [3.05, 3.63) is 71.8 Å². The minimum atomic E-state index is -3.32. The summed E-state index contributed by atoms with van der Waals surface area (Å²) >= 11 is 0. The maximum atomic E-state index is 13.4. The number of benzene rings is 2. The zero-order chi connectivity index (χ0) is 18.4. The van der Waals surface area contributed by atoms with Crippen molar-refractivity contribution in [2.45, 2.75) is 19.0 Å². The van der Waals surface area contributed by atoms with Crippen LogP contribution in [0.3, 0.4) is 0 Å². The van der Waals surface area contributed by atoms with Crippen LogP contribution in [0.15, 0.2) is 60.7 Å². The molecule has 0 saturated carbocycles. The van der Waals surface area contributed by atoms with Crippen LogP contribution in [-0.4, -0.2) is 36.9 Å². The fourth-order valence-electron chi connectivity index (χ4n) is 2.98. The minimum absolute atomic E-state index is 0.0476. The van der Waals surface area contributed by atoms with Crippen LogP contribution >= 0.6 is 7.67 Å². The van der Waals surface area contributed by atoms with E-state index in [1.807, 2.05) is 65.3 Å². The number of carbonyl (C=O) groups is 1. The third-order valence-electron chi connectivity index (χ3n) is 4.35. The molecule has 1 fully saturated rings. The Hall–Kier alpha value is -1.98. The van der Waals surface area contributed by atoms with Gasteiger partial charge < -0.3 is 9.26 Å². The average Bonchev–Trinajstić information content (AvgIpc) is 2.98. The SMILES string of the molecule is COC(=O)CN[P@@]1(=O)OC[C@H](Cc2ccccc2)N1Cc1ccccc1. The quantitative estimate of drug-likeness (QED) is 0.594. The van der Waals surface area contributed by atoms with Crippen LogP contribution in [0.4, 0.5) is 0 Å². The molecule has 1 saturated heterocycles. The van der Waals surface area contributed by atoms with E-state index < -0.39 is 13.6 Å². The van der Waals surface area contributed by atoms with Crippen LogP contribution in [0.2, 0.25) is 0 Å². The van der Waals surface area contributed by atoms with Gasteiger partial charge in [0.25, 0.3) is 0 Å². The molecule has 0 aliphatic carbocycles. The Bertz CT molecular complexity index is 770. The van der Waals surface area contributed by atoms with Gasteiger partial charge in [-0.05, 0) is 17.5 Å². The van der Waals surface area contributed by atoms with Gasteiger partial charge in [0.05, 0.1) is 13.7 Å². The van der Waals surface area contributed by atoms with Gasteiger partial charge in [-0.15, -0.1) is 0 Å². The third-order valence-corrected chi connectivity index (χ3v) is 6.56. The Morgan fingerprint density at radius 1 is 1.15 bits per heavy atom. The average molecular weight is 374 g/mol. The highest BCUT2D eigenvalue weighted by Crippen LogP contribution is 2.54. The summed E-state index contributed by atoms with van der Waals surface area (Å²) in [6.07, 6.45) is 0.720. The zero-order valence-electron chi connectivity index (χ0n) is 14.7. The Kier molecular flexibility index (Phi) is 6.22. The molecule has 1 aliphatic rings. The predicted octanol–water partition coefficient (Wildman–Crippen LogP) is 3.00. The fraction of sp³-hybridized carbons (Fsp3) is 0.316. The molecule has 138 valence electrons. The summed E-state index contributed by atoms with van der Waals surface area (Å²) in [5.41, 5.74) is 2.19. The van der Waals surface area contributed by atoms with Gasteiger partial charge in [0.1, 0.15) is 6.54 Å². The van der Waals surface area contributed by atoms with E-state index in [4.69, 9.17) is 4.52 Å². The Balaban J connectivity index is 1.79. The predicted molar refractivity (Wildman–Crippen MR) is 99.5 cm³/mol. The summed E-state index contributed by atoms with van der Waals surface area (Å²) in [5.74, 6) is -0.477. The second-order valence-electron chi connectivity index (χ2n) is 6.15. The first kappa shape index (κ1) is 18.8. The summed E-state index contributed by atoms with van der Waals surface area (Å²) in [4.78, 5) is 11.5. The van der Waals surface area contributed by atoms with Crippen LogP contribution in [0.25, 0.3) is 0 Å². The molecule has 3 rings (SSSR count). The highest BCUT2D eigenvalue weighted by atomic mass is 31.2. The van der Waals surface area contributed by atoms with Gasteiger partial charge in [0, 0.05) is 12.6 Å². The molecule has 6 nitrogen and oxygen atoms in total. The molecule has 1 heterocycles. The topological polar surface area (TPSA) is 67.9 Å². The van der Waals surface area contributed by atoms with Gasteiger partial charge in [0.2, 0.25) is 0 Å². The maximum Gasteiger partial charge on any atom is 0.344 e. The maximum absolute atomic E-state index is 13.4. The molecule has 0 bridgehead atoms. The second-order valence-corrected chi connectivity index (χ2v) is 8.28. The lowest BCUT2D eigenvalue weighted by atomic mass is 10.1. The van der Waals surface area contributed by atoms with Crippen LogP contribution in [-0.2, 0) is 31.6 Å². The number of nitrogens with one attached hydrogen (secondary N) is 1. The van der Waals surface area contributed by atoms with Crippen molar-refractivity contribution < 1.29 is 18.6 Å². The van der Waals surface area contributed by atoms with Crippen LogP contribution in [0, 0.1) is 0 Å². The number of rotatable bonds is 7. The molecule has 0 radical (unpaired) electrons. The summed E-state index contributed by atoms with van der Waals surface area (Å²) in [7, 11) is -2.02. The van der Waals surface area contributed by atoms with Crippen molar-refractivity contribution in [3.8, 4) is 0 Å². The molecule has 2 atom stereocenters. The number of ether oxygens (including phenoxy) is 1. The first-order valence-corrected chi connectivity index (χ1v) is 10.1. The van der Waals surface area contributed by atoms with Gasteiger partial charge in [-0.2, -0.15) is 0 Å². The molecule has 0 unspecified atom stereocenters. The third kappa shape index (κ3) is 4.59. The van der Waals surface area contributed by atoms with Gasteiger partial charge in [-0.25, -0.2) is 9.76 Å². The highest BCUT2D eigenvalue weighted by Gasteiger charge is 2.44. The van der Waals surface area contributed by atoms with Crippen molar-refractivity contribution in [2.75, 3.05) is 20.3 Å². The van der Waals surface area contributed by atoms with Crippen molar-refractivity contribution in [2.24, 2.45) is 0 Å². The number of hydrogen-bond acceptors (Lipinski definition) is 4. The van der Waals surface area contributed by atoms with E-state index in [-0.39, 0.29) is 12.6 Å². The second kappa shape index (κ2) is 8.60. The van der Waals surface area contributed by atoms with Crippen molar-refractivity contribution in [1.82, 2.24) is 9.76 Å². The zero-order valence-corrected chi connectivity index (χ0v) is 15.6. The van der Waals surface area contributed by atoms with E-state index in [9.17, 15) is 9.36 Å². The van der Waals surface area contributed by atoms with E-state index in [0.29, 0.717) is 13.2 Å². The lowest BCUT2D eigenvalue weighted by molar-refractivity contribution is -0.139. The van der Waals surface area contributed by atoms with Crippen LogP contribution < -0.4 is 5.09 Å². The molecule has 26 heavy (non-hydrogen) atoms. The number of carbonyl (C=O) groups excluding carboxylic acids is 1. The van der Waals surface area contributed by atoms with Gasteiger partial charge >= 0.3 is 13.6 Å². The van der Waals surface area contributed by atoms with Crippen molar-refractivity contribution in [3.63, 3.8) is 0 Å². The van der Waals surface area contributed by atoms with Gasteiger partial charge in [-0.1, -0.05) is 60.7 Å². The molecule has 0 spiro atoms. The molecule has 1 N–H and O–H groups in total. The van der Waals surface area contributed by atoms with Gasteiger partial charge in [0.15, 0.2) is 0 Å². The summed E-state index contributed by atoms with van der Waals surface area (Å²) in [6, 6.07) is 19.8. The summed E-state index contributed by atoms with van der Waals surface area (Å²) < 4.78 is 25.5. The monoisotopic (exact) mass is 374 g/mol. The van der Waals surface area contributed by atoms with Crippen LogP contribution in [0.1, 0.15) is 11.1 Å². The lowest BCUT2D eigenvalue weighted by Gasteiger charge is -2.27. The molecule has 1 aliphatic heterocycles. The van der Waals surface area contributed by atoms with E-state index in [1.54, 1.807) is 0 Å². The van der Waals surface area contributed by atoms with Crippen molar-refractivity contribution >= 4 is 13.6 Å². The van der Waals surface area contributed by atoms with Crippen LogP contribution in [0.5, 0.6) is 0 Å². The number of nitrogens with zero attached hydrogens (tertiary/aromatic N) is 1. The lowest BCUT2D eigenvalue weighted by Crippen LogP contribution is -2.34. The number of hydrogen-bond donors (Lipinski definition) is 1. The smallest absolute Gasteiger partial charge is 0.344 e. The standard InChI is InChI=1S/C19H23N2O4P/c1-24-19(22)13-20-26(23)21(14-17-10-6-3-7-11-17)18(15-25-26)12-16-8-4-2-5-9-16/h2-11,18H,12-15H2,1H3,(H,20,23)/t18-,26+/m0/s1. The number of methoxy groups -OCH3 is 1. The Morgan fingerprint density at radius 2 is 1.77 bits per heavy atom. The highest BCUT2D eigenvalue weighted by molar-refractivity contribution is 7.54. The van der Waals surface area contributed by atoms with E-state index >= 15 is 0 Å². The minimum Gasteiger partial charge on any atom is -0.468 e. The largest absolute Gasteiger partial charge is 0.468 e. The van der Waals surface area contributed by atoms with E-state index in [1.165, 1.54) is 7.11 Å². The fourth-order valence-corrected chi connectivity index (χ4v) is 5.03. The number of esters is 1. The molecule has 2 aromatic carbocycles. The molecular weight excluding hydrogens is 351 g/mol. The first-order chi connectivity index (χ1) is 12.6. The first-order valence-electron chi connectivity index (χ1n) is 8.52. The molecular formula is C19H23N2O4P. The summed E-state index contributed by atoms with van der Waals surface area (Å²) in [6.45, 7) is 0.661. The Morgan fingerprint density at radius 3 is 2.38 bits per heavy atom. The van der Waals surface area contributed by atoms with Gasteiger partial charge in [-0.3, -0.25) is 9.36 Å². The van der Waals surface area contributed by atoms with Crippen molar-refractivity contribution in [1.29, 1.82) is 0 Å². The Labute approximate surface area is 153 Å². The normalized spacial score (nSPS) is 23.0.